The molecular formula is C24H32FIN4O2. The van der Waals surface area contributed by atoms with Crippen LogP contribution >= 0.6 is 24.0 Å². The molecule has 2 aromatic rings. The van der Waals surface area contributed by atoms with E-state index in [1.165, 1.54) is 23.3 Å². The minimum Gasteiger partial charge on any atom is -0.489 e. The molecule has 0 radical (unpaired) electrons. The van der Waals surface area contributed by atoms with Gasteiger partial charge in [-0.25, -0.2) is 4.39 Å². The molecule has 0 aliphatic carbocycles. The summed E-state index contributed by atoms with van der Waals surface area (Å²) in [7, 11) is 1.70. The maximum absolute atomic E-state index is 13.2. The Morgan fingerprint density at radius 3 is 2.72 bits per heavy atom. The number of carbonyl (C=O) groups excluding carboxylic acids is 1. The summed E-state index contributed by atoms with van der Waals surface area (Å²) in [4.78, 5) is 18.7. The summed E-state index contributed by atoms with van der Waals surface area (Å²) in [6.45, 7) is 4.56. The van der Waals surface area contributed by atoms with Gasteiger partial charge in [-0.05, 0) is 43.0 Å². The third-order valence-corrected chi connectivity index (χ3v) is 5.26. The van der Waals surface area contributed by atoms with Gasteiger partial charge in [-0.3, -0.25) is 9.79 Å². The zero-order valence-corrected chi connectivity index (χ0v) is 21.0. The Bertz CT molecular complexity index is 909. The van der Waals surface area contributed by atoms with Gasteiger partial charge in [-0.2, -0.15) is 0 Å². The van der Waals surface area contributed by atoms with Crippen LogP contribution in [0.15, 0.2) is 53.5 Å². The molecule has 2 N–H and O–H groups in total. The maximum Gasteiger partial charge on any atom is 0.222 e. The number of carbonyl (C=O) groups is 1. The molecule has 0 aromatic heterocycles. The topological polar surface area (TPSA) is 66.0 Å². The molecule has 174 valence electrons. The third kappa shape index (κ3) is 7.96. The molecule has 32 heavy (non-hydrogen) atoms. The standard InChI is InChI=1S/C24H31FN4O2.HI/c1-18(31-22-10-5-9-21(25)15-22)16-28-24(26-2)27-13-6-11-23(30)29-14-12-19-7-3-4-8-20(19)17-29;/h3-5,7-10,15,18H,6,11-14,16-17H2,1-2H3,(H2,26,27,28);1H. The lowest BCUT2D eigenvalue weighted by molar-refractivity contribution is -0.132. The second kappa shape index (κ2) is 13.2. The number of benzene rings is 2. The van der Waals surface area contributed by atoms with Gasteiger partial charge in [0.25, 0.3) is 0 Å². The average molecular weight is 554 g/mol. The van der Waals surface area contributed by atoms with Crippen LogP contribution in [0.2, 0.25) is 0 Å². The Hall–Kier alpha value is -2.36. The van der Waals surface area contributed by atoms with Crippen LogP contribution in [0.1, 0.15) is 30.9 Å². The first-order valence-corrected chi connectivity index (χ1v) is 10.8. The molecule has 1 aliphatic rings. The number of nitrogens with one attached hydrogen (secondary N) is 2. The van der Waals surface area contributed by atoms with Gasteiger partial charge >= 0.3 is 0 Å². The quantitative estimate of drug-likeness (QED) is 0.226. The molecule has 0 bridgehead atoms. The monoisotopic (exact) mass is 554 g/mol. The Labute approximate surface area is 206 Å². The highest BCUT2D eigenvalue weighted by atomic mass is 127. The molecule has 1 atom stereocenters. The van der Waals surface area contributed by atoms with Crippen LogP contribution in [0.3, 0.4) is 0 Å². The number of fused-ring (bicyclic) bond motifs is 1. The molecule has 1 amide bonds. The first-order valence-electron chi connectivity index (χ1n) is 10.8. The number of hydrogen-bond donors (Lipinski definition) is 2. The second-order valence-corrected chi connectivity index (χ2v) is 7.70. The highest BCUT2D eigenvalue weighted by molar-refractivity contribution is 14.0. The van der Waals surface area contributed by atoms with Crippen molar-refractivity contribution in [3.63, 3.8) is 0 Å². The SMILES string of the molecule is CN=C(NCCCC(=O)N1CCc2ccccc2C1)NCC(C)Oc1cccc(F)c1.I. The Kier molecular flexibility index (Phi) is 10.7. The van der Waals surface area contributed by atoms with Crippen molar-refractivity contribution in [1.29, 1.82) is 0 Å². The summed E-state index contributed by atoms with van der Waals surface area (Å²) in [5.74, 6) is 1.01. The molecule has 1 unspecified atom stereocenters. The van der Waals surface area contributed by atoms with E-state index in [9.17, 15) is 9.18 Å². The van der Waals surface area contributed by atoms with E-state index in [-0.39, 0.29) is 41.8 Å². The number of nitrogens with zero attached hydrogens (tertiary/aromatic N) is 2. The molecule has 1 aliphatic heterocycles. The van der Waals surface area contributed by atoms with Crippen LogP contribution in [0.5, 0.6) is 5.75 Å². The van der Waals surface area contributed by atoms with Crippen molar-refractivity contribution in [3.05, 3.63) is 65.5 Å². The van der Waals surface area contributed by atoms with Gasteiger partial charge < -0.3 is 20.3 Å². The van der Waals surface area contributed by atoms with Crippen LogP contribution in [0, 0.1) is 5.82 Å². The summed E-state index contributed by atoms with van der Waals surface area (Å²) in [5.41, 5.74) is 2.60. The Morgan fingerprint density at radius 2 is 1.97 bits per heavy atom. The van der Waals surface area contributed by atoms with Gasteiger partial charge in [0.2, 0.25) is 5.91 Å². The van der Waals surface area contributed by atoms with E-state index >= 15 is 0 Å². The van der Waals surface area contributed by atoms with Crippen molar-refractivity contribution in [1.82, 2.24) is 15.5 Å². The molecule has 3 rings (SSSR count). The van der Waals surface area contributed by atoms with E-state index < -0.39 is 0 Å². The second-order valence-electron chi connectivity index (χ2n) is 7.70. The molecule has 1 heterocycles. The Morgan fingerprint density at radius 1 is 1.19 bits per heavy atom. The van der Waals surface area contributed by atoms with Crippen LogP contribution in [0.4, 0.5) is 4.39 Å². The van der Waals surface area contributed by atoms with Crippen molar-refractivity contribution < 1.29 is 13.9 Å². The number of guanidine groups is 1. The van der Waals surface area contributed by atoms with Crippen molar-refractivity contribution in [2.24, 2.45) is 4.99 Å². The maximum atomic E-state index is 13.2. The van der Waals surface area contributed by atoms with Crippen molar-refractivity contribution in [2.75, 3.05) is 26.7 Å². The van der Waals surface area contributed by atoms with E-state index in [2.05, 4.69) is 33.8 Å². The molecule has 6 nitrogen and oxygen atoms in total. The predicted molar refractivity (Wildman–Crippen MR) is 136 cm³/mol. The summed E-state index contributed by atoms with van der Waals surface area (Å²) in [5, 5.41) is 6.42. The largest absolute Gasteiger partial charge is 0.489 e. The summed E-state index contributed by atoms with van der Waals surface area (Å²) >= 11 is 0. The lowest BCUT2D eigenvalue weighted by atomic mass is 9.99. The van der Waals surface area contributed by atoms with E-state index in [0.717, 1.165) is 19.4 Å². The fourth-order valence-electron chi connectivity index (χ4n) is 3.59. The van der Waals surface area contributed by atoms with Crippen LogP contribution in [-0.4, -0.2) is 49.6 Å². The van der Waals surface area contributed by atoms with Crippen molar-refractivity contribution in [3.8, 4) is 5.75 Å². The van der Waals surface area contributed by atoms with Crippen LogP contribution < -0.4 is 15.4 Å². The zero-order chi connectivity index (χ0) is 22.1. The van der Waals surface area contributed by atoms with Crippen LogP contribution in [-0.2, 0) is 17.8 Å². The van der Waals surface area contributed by atoms with Gasteiger partial charge in [0.1, 0.15) is 17.7 Å². The van der Waals surface area contributed by atoms with Gasteiger partial charge in [0.05, 0.1) is 6.54 Å². The van der Waals surface area contributed by atoms with Gasteiger partial charge in [0, 0.05) is 39.2 Å². The first-order chi connectivity index (χ1) is 15.0. The first kappa shape index (κ1) is 25.9. The third-order valence-electron chi connectivity index (χ3n) is 5.26. The molecule has 8 heteroatoms. The molecular weight excluding hydrogens is 522 g/mol. The highest BCUT2D eigenvalue weighted by Gasteiger charge is 2.19. The lowest BCUT2D eigenvalue weighted by Crippen LogP contribution is -2.42. The van der Waals surface area contributed by atoms with E-state index in [1.54, 1.807) is 19.2 Å². The summed E-state index contributed by atoms with van der Waals surface area (Å²) in [6.07, 6.45) is 1.99. The molecule has 0 spiro atoms. The highest BCUT2D eigenvalue weighted by Crippen LogP contribution is 2.19. The number of halogens is 2. The van der Waals surface area contributed by atoms with Crippen molar-refractivity contribution in [2.45, 2.75) is 38.8 Å². The van der Waals surface area contributed by atoms with Crippen LogP contribution in [0.25, 0.3) is 0 Å². The van der Waals surface area contributed by atoms with Gasteiger partial charge in [-0.1, -0.05) is 30.3 Å². The van der Waals surface area contributed by atoms with Gasteiger partial charge in [0.15, 0.2) is 5.96 Å². The van der Waals surface area contributed by atoms with E-state index in [0.29, 0.717) is 37.8 Å². The van der Waals surface area contributed by atoms with Gasteiger partial charge in [-0.15, -0.1) is 24.0 Å². The molecule has 0 fully saturated rings. The predicted octanol–water partition coefficient (Wildman–Crippen LogP) is 3.74. The smallest absolute Gasteiger partial charge is 0.222 e. The molecule has 2 aromatic carbocycles. The van der Waals surface area contributed by atoms with E-state index in [1.807, 2.05) is 17.9 Å². The fraction of sp³-hybridized carbons (Fsp3) is 0.417. The summed E-state index contributed by atoms with van der Waals surface area (Å²) < 4.78 is 19.0. The number of hydrogen-bond acceptors (Lipinski definition) is 3. The van der Waals surface area contributed by atoms with Crippen molar-refractivity contribution >= 4 is 35.8 Å². The normalized spacial score (nSPS) is 14.1. The lowest BCUT2D eigenvalue weighted by Gasteiger charge is -2.29. The Balaban J connectivity index is 0.00000363. The number of amides is 1. The minimum absolute atomic E-state index is 0. The zero-order valence-electron chi connectivity index (χ0n) is 18.6. The number of aliphatic imine (C=N–C) groups is 1. The summed E-state index contributed by atoms with van der Waals surface area (Å²) in [6, 6.07) is 14.4. The number of rotatable bonds is 8. The number of ether oxygens (including phenoxy) is 1. The molecule has 0 saturated heterocycles. The van der Waals surface area contributed by atoms with E-state index in [4.69, 9.17) is 4.74 Å². The average Bonchev–Trinajstić information content (AvgIpc) is 2.78. The molecule has 0 saturated carbocycles. The fourth-order valence-corrected chi connectivity index (χ4v) is 3.59. The minimum atomic E-state index is -0.321.